The molecule has 1 fully saturated rings. The van der Waals surface area contributed by atoms with Gasteiger partial charge in [0.1, 0.15) is 0 Å². The summed E-state index contributed by atoms with van der Waals surface area (Å²) in [6.45, 7) is 8.20. The molecule has 8 heteroatoms. The number of benzene rings is 1. The lowest BCUT2D eigenvalue weighted by Crippen LogP contribution is -2.45. The van der Waals surface area contributed by atoms with E-state index in [4.69, 9.17) is 9.73 Å². The van der Waals surface area contributed by atoms with E-state index < -0.39 is 0 Å². The van der Waals surface area contributed by atoms with Crippen LogP contribution in [0.15, 0.2) is 47.7 Å². The maximum absolute atomic E-state index is 5.25. The molecule has 0 radical (unpaired) electrons. The Morgan fingerprint density at radius 3 is 2.80 bits per heavy atom. The third kappa shape index (κ3) is 7.55. The molecule has 1 aromatic carbocycles. The highest BCUT2D eigenvalue weighted by molar-refractivity contribution is 14.0. The van der Waals surface area contributed by atoms with E-state index in [-0.39, 0.29) is 24.0 Å². The summed E-state index contributed by atoms with van der Waals surface area (Å²) in [6.07, 6.45) is 6.28. The minimum Gasteiger partial charge on any atom is -0.383 e. The lowest BCUT2D eigenvalue weighted by molar-refractivity contribution is 0.141. The molecule has 1 aliphatic heterocycles. The molecule has 0 aliphatic carbocycles. The van der Waals surface area contributed by atoms with Crippen LogP contribution in [-0.2, 0) is 17.8 Å². The van der Waals surface area contributed by atoms with Gasteiger partial charge in [0, 0.05) is 45.2 Å². The van der Waals surface area contributed by atoms with Crippen molar-refractivity contribution in [2.45, 2.75) is 38.9 Å². The van der Waals surface area contributed by atoms with Crippen molar-refractivity contribution in [1.82, 2.24) is 25.3 Å². The maximum atomic E-state index is 5.25. The van der Waals surface area contributed by atoms with E-state index in [0.29, 0.717) is 12.6 Å². The van der Waals surface area contributed by atoms with Crippen LogP contribution in [0.5, 0.6) is 0 Å². The van der Waals surface area contributed by atoms with Crippen LogP contribution in [0, 0.1) is 0 Å². The number of rotatable bonds is 10. The van der Waals surface area contributed by atoms with Crippen LogP contribution in [0.1, 0.15) is 30.9 Å². The van der Waals surface area contributed by atoms with Crippen molar-refractivity contribution in [1.29, 1.82) is 0 Å². The van der Waals surface area contributed by atoms with E-state index >= 15 is 0 Å². The van der Waals surface area contributed by atoms with E-state index in [0.717, 1.165) is 45.3 Å². The van der Waals surface area contributed by atoms with Crippen LogP contribution in [0.4, 0.5) is 0 Å². The quantitative estimate of drug-likeness (QED) is 0.283. The van der Waals surface area contributed by atoms with Crippen molar-refractivity contribution in [3.05, 3.63) is 53.9 Å². The lowest BCUT2D eigenvalue weighted by Gasteiger charge is -2.25. The van der Waals surface area contributed by atoms with Crippen molar-refractivity contribution >= 4 is 29.9 Å². The molecule has 2 heterocycles. The summed E-state index contributed by atoms with van der Waals surface area (Å²) in [7, 11) is 1.77. The minimum absolute atomic E-state index is 0. The van der Waals surface area contributed by atoms with E-state index in [2.05, 4.69) is 51.8 Å². The minimum atomic E-state index is 0. The molecule has 1 aromatic heterocycles. The molecular formula is C22H35IN6O. The number of ether oxygens (including phenoxy) is 1. The van der Waals surface area contributed by atoms with Gasteiger partial charge in [-0.1, -0.05) is 24.3 Å². The highest BCUT2D eigenvalue weighted by atomic mass is 127. The van der Waals surface area contributed by atoms with E-state index in [1.54, 1.807) is 7.11 Å². The molecule has 166 valence electrons. The van der Waals surface area contributed by atoms with Crippen LogP contribution in [0.3, 0.4) is 0 Å². The number of hydrogen-bond acceptors (Lipinski definition) is 4. The van der Waals surface area contributed by atoms with Gasteiger partial charge in [-0.15, -0.1) is 24.0 Å². The number of hydrogen-bond donors (Lipinski definition) is 2. The third-order valence-corrected chi connectivity index (χ3v) is 5.35. The van der Waals surface area contributed by atoms with Gasteiger partial charge >= 0.3 is 0 Å². The van der Waals surface area contributed by atoms with Crippen LogP contribution >= 0.6 is 24.0 Å². The highest BCUT2D eigenvalue weighted by Gasteiger charge is 2.23. The molecular weight excluding hydrogens is 491 g/mol. The van der Waals surface area contributed by atoms with Crippen molar-refractivity contribution in [3.63, 3.8) is 0 Å². The summed E-state index contributed by atoms with van der Waals surface area (Å²) >= 11 is 0. The van der Waals surface area contributed by atoms with Gasteiger partial charge in [0.2, 0.25) is 0 Å². The fourth-order valence-electron chi connectivity index (χ4n) is 3.78. The molecule has 2 aromatic rings. The second-order valence-corrected chi connectivity index (χ2v) is 7.37. The molecule has 1 saturated heterocycles. The van der Waals surface area contributed by atoms with Gasteiger partial charge in [0.05, 0.1) is 19.7 Å². The Hall–Kier alpha value is -1.65. The number of methoxy groups -OCH3 is 1. The van der Waals surface area contributed by atoms with Gasteiger partial charge < -0.3 is 15.4 Å². The number of likely N-dealkylation sites (tertiary alicyclic amines) is 1. The van der Waals surface area contributed by atoms with E-state index in [1.807, 2.05) is 23.1 Å². The van der Waals surface area contributed by atoms with Gasteiger partial charge in [-0.25, -0.2) is 4.99 Å². The van der Waals surface area contributed by atoms with Crippen molar-refractivity contribution in [2.24, 2.45) is 4.99 Å². The number of nitrogens with zero attached hydrogens (tertiary/aromatic N) is 4. The Labute approximate surface area is 197 Å². The second kappa shape index (κ2) is 13.6. The molecule has 0 saturated carbocycles. The third-order valence-electron chi connectivity index (χ3n) is 5.35. The first-order valence-electron chi connectivity index (χ1n) is 10.6. The number of halogens is 1. The summed E-state index contributed by atoms with van der Waals surface area (Å²) in [5, 5.41) is 11.2. The molecule has 1 unspecified atom stereocenters. The first kappa shape index (κ1) is 24.6. The highest BCUT2D eigenvalue weighted by Crippen LogP contribution is 2.16. The molecule has 0 bridgehead atoms. The number of nitrogens with one attached hydrogen (secondary N) is 2. The largest absolute Gasteiger partial charge is 0.383 e. The SMILES string of the molecule is CCNC(=NCc1ccccc1Cn1cccn1)NCC1CCCN1CCOC.I. The van der Waals surface area contributed by atoms with Crippen LogP contribution in [0.25, 0.3) is 0 Å². The Morgan fingerprint density at radius 2 is 2.07 bits per heavy atom. The van der Waals surface area contributed by atoms with Crippen LogP contribution in [0.2, 0.25) is 0 Å². The smallest absolute Gasteiger partial charge is 0.191 e. The van der Waals surface area contributed by atoms with Gasteiger partial charge in [0.15, 0.2) is 5.96 Å². The molecule has 30 heavy (non-hydrogen) atoms. The number of guanidine groups is 1. The molecule has 0 amide bonds. The summed E-state index contributed by atoms with van der Waals surface area (Å²) < 4.78 is 7.19. The average Bonchev–Trinajstić information content (AvgIpc) is 3.41. The zero-order valence-corrected chi connectivity index (χ0v) is 20.4. The van der Waals surface area contributed by atoms with Gasteiger partial charge in [-0.3, -0.25) is 9.58 Å². The predicted octanol–water partition coefficient (Wildman–Crippen LogP) is 2.72. The molecule has 3 rings (SSSR count). The Bertz CT molecular complexity index is 752. The van der Waals surface area contributed by atoms with Gasteiger partial charge in [-0.2, -0.15) is 5.10 Å². The number of aliphatic imine (C=N–C) groups is 1. The van der Waals surface area contributed by atoms with Crippen molar-refractivity contribution in [3.8, 4) is 0 Å². The molecule has 0 spiro atoms. The number of aromatic nitrogens is 2. The zero-order chi connectivity index (χ0) is 20.3. The molecule has 1 aliphatic rings. The van der Waals surface area contributed by atoms with E-state index in [1.165, 1.54) is 24.0 Å². The Balaban J connectivity index is 0.00000320. The normalized spacial score (nSPS) is 17.0. The monoisotopic (exact) mass is 526 g/mol. The topological polar surface area (TPSA) is 66.7 Å². The fourth-order valence-corrected chi connectivity index (χ4v) is 3.78. The summed E-state index contributed by atoms with van der Waals surface area (Å²) in [6, 6.07) is 10.9. The average molecular weight is 526 g/mol. The van der Waals surface area contributed by atoms with Gasteiger partial charge in [0.25, 0.3) is 0 Å². The zero-order valence-electron chi connectivity index (χ0n) is 18.1. The Morgan fingerprint density at radius 1 is 1.23 bits per heavy atom. The van der Waals surface area contributed by atoms with Crippen LogP contribution < -0.4 is 10.6 Å². The molecule has 1 atom stereocenters. The van der Waals surface area contributed by atoms with Crippen molar-refractivity contribution < 1.29 is 4.74 Å². The summed E-state index contributed by atoms with van der Waals surface area (Å²) in [4.78, 5) is 7.36. The summed E-state index contributed by atoms with van der Waals surface area (Å²) in [5.41, 5.74) is 2.47. The molecule has 2 N–H and O–H groups in total. The fraction of sp³-hybridized carbons (Fsp3) is 0.545. The standard InChI is InChI=1S/C22H34N6O.HI/c1-3-23-22(25-17-21-10-6-12-27(21)14-15-29-2)24-16-19-8-4-5-9-20(19)18-28-13-7-11-26-28;/h4-5,7-9,11,13,21H,3,6,10,12,14-18H2,1-2H3,(H2,23,24,25);1H. The first-order chi connectivity index (χ1) is 14.3. The van der Waals surface area contributed by atoms with Gasteiger partial charge in [-0.05, 0) is 43.5 Å². The summed E-state index contributed by atoms with van der Waals surface area (Å²) in [5.74, 6) is 0.875. The molecule has 7 nitrogen and oxygen atoms in total. The maximum Gasteiger partial charge on any atom is 0.191 e. The second-order valence-electron chi connectivity index (χ2n) is 7.37. The van der Waals surface area contributed by atoms with E-state index in [9.17, 15) is 0 Å². The lowest BCUT2D eigenvalue weighted by atomic mass is 10.1. The first-order valence-corrected chi connectivity index (χ1v) is 10.6. The van der Waals surface area contributed by atoms with Crippen LogP contribution in [-0.4, -0.2) is 66.6 Å². The predicted molar refractivity (Wildman–Crippen MR) is 132 cm³/mol. The van der Waals surface area contributed by atoms with Crippen molar-refractivity contribution in [2.75, 3.05) is 39.9 Å². The Kier molecular flexibility index (Phi) is 11.2.